The molecule has 1 aliphatic heterocycles. The van der Waals surface area contributed by atoms with Crippen LogP contribution in [0, 0.1) is 16.0 Å². The number of rotatable bonds is 10. The fourth-order valence-corrected chi connectivity index (χ4v) is 4.91. The number of nitrogens with zero attached hydrogens (tertiary/aromatic N) is 3. The summed E-state index contributed by atoms with van der Waals surface area (Å²) in [4.78, 5) is 40.2. The Labute approximate surface area is 241 Å². The molecule has 41 heavy (non-hydrogen) atoms. The van der Waals surface area contributed by atoms with E-state index in [0.717, 1.165) is 35.1 Å². The second kappa shape index (κ2) is 14.6. The fourth-order valence-electron chi connectivity index (χ4n) is 4.91. The molecule has 0 aliphatic carbocycles. The summed E-state index contributed by atoms with van der Waals surface area (Å²) < 4.78 is 0. The van der Waals surface area contributed by atoms with Crippen molar-refractivity contribution >= 4 is 29.8 Å². The van der Waals surface area contributed by atoms with Crippen LogP contribution < -0.4 is 5.32 Å². The first-order valence-electron chi connectivity index (χ1n) is 13.9. The van der Waals surface area contributed by atoms with E-state index in [0.29, 0.717) is 32.7 Å². The van der Waals surface area contributed by atoms with Crippen molar-refractivity contribution in [1.29, 1.82) is 0 Å². The number of non-ortho nitro benzene ring substituents is 1. The maximum Gasteiger partial charge on any atom is 0.317 e. The molecule has 8 nitrogen and oxygen atoms in total. The summed E-state index contributed by atoms with van der Waals surface area (Å²) in [5.74, 6) is 0.200. The highest BCUT2D eigenvalue weighted by molar-refractivity contribution is 5.91. The van der Waals surface area contributed by atoms with Gasteiger partial charge in [-0.2, -0.15) is 0 Å². The normalized spacial score (nSPS) is 14.2. The molecule has 1 aliphatic rings. The predicted molar refractivity (Wildman–Crippen MR) is 162 cm³/mol. The number of likely N-dealkylation sites (tertiary alicyclic amines) is 1. The van der Waals surface area contributed by atoms with Crippen LogP contribution in [0.2, 0.25) is 0 Å². The number of nitro groups is 1. The molecule has 4 rings (SSSR count). The van der Waals surface area contributed by atoms with Crippen molar-refractivity contribution in [3.8, 4) is 0 Å². The average molecular weight is 553 g/mol. The lowest BCUT2D eigenvalue weighted by Crippen LogP contribution is -2.46. The Morgan fingerprint density at radius 2 is 1.59 bits per heavy atom. The number of amides is 3. The minimum Gasteiger partial charge on any atom is -0.339 e. The largest absolute Gasteiger partial charge is 0.339 e. The van der Waals surface area contributed by atoms with Gasteiger partial charge in [0.15, 0.2) is 0 Å². The topological polar surface area (TPSA) is 95.8 Å². The van der Waals surface area contributed by atoms with E-state index in [-0.39, 0.29) is 23.5 Å². The standard InChI is InChI=1S/C33H36N4O4/c1-26(22-28-8-4-2-5-9-28)24-36(33(39)34-23-29-10-6-3-7-11-29)25-30-18-20-35(21-19-30)32(38)17-14-27-12-15-31(16-13-27)37(40)41/h2-17,22,30H,18-21,23-25H2,1H3,(H,34,39)/b17-14+,26-22+. The minimum atomic E-state index is -0.447. The van der Waals surface area contributed by atoms with E-state index in [2.05, 4.69) is 11.4 Å². The van der Waals surface area contributed by atoms with Crippen LogP contribution in [0.5, 0.6) is 0 Å². The van der Waals surface area contributed by atoms with Gasteiger partial charge >= 0.3 is 6.03 Å². The Balaban J connectivity index is 1.34. The summed E-state index contributed by atoms with van der Waals surface area (Å²) in [6, 6.07) is 25.9. The van der Waals surface area contributed by atoms with Gasteiger partial charge < -0.3 is 15.1 Å². The quantitative estimate of drug-likeness (QED) is 0.185. The zero-order valence-corrected chi connectivity index (χ0v) is 23.3. The molecule has 8 heteroatoms. The van der Waals surface area contributed by atoms with E-state index in [9.17, 15) is 19.7 Å². The van der Waals surface area contributed by atoms with Gasteiger partial charge in [-0.25, -0.2) is 4.79 Å². The molecule has 0 spiro atoms. The molecule has 3 aromatic carbocycles. The Kier molecular flexibility index (Phi) is 10.4. The molecule has 3 aromatic rings. The molecule has 1 fully saturated rings. The van der Waals surface area contributed by atoms with Crippen LogP contribution in [-0.4, -0.2) is 52.8 Å². The first kappa shape index (κ1) is 29.3. The van der Waals surface area contributed by atoms with E-state index in [1.54, 1.807) is 18.2 Å². The third-order valence-electron chi connectivity index (χ3n) is 7.15. The van der Waals surface area contributed by atoms with Crippen LogP contribution in [0.15, 0.2) is 96.6 Å². The predicted octanol–water partition coefficient (Wildman–Crippen LogP) is 6.16. The first-order chi connectivity index (χ1) is 19.9. The van der Waals surface area contributed by atoms with Crippen molar-refractivity contribution in [2.24, 2.45) is 5.92 Å². The Morgan fingerprint density at radius 3 is 2.22 bits per heavy atom. The van der Waals surface area contributed by atoms with Crippen LogP contribution in [0.25, 0.3) is 12.2 Å². The van der Waals surface area contributed by atoms with Crippen molar-refractivity contribution in [3.05, 3.63) is 123 Å². The van der Waals surface area contributed by atoms with E-state index in [1.165, 1.54) is 18.2 Å². The first-order valence-corrected chi connectivity index (χ1v) is 13.9. The second-order valence-corrected chi connectivity index (χ2v) is 10.4. The van der Waals surface area contributed by atoms with E-state index >= 15 is 0 Å². The highest BCUT2D eigenvalue weighted by Crippen LogP contribution is 2.21. The van der Waals surface area contributed by atoms with E-state index < -0.39 is 4.92 Å². The Morgan fingerprint density at radius 1 is 0.951 bits per heavy atom. The second-order valence-electron chi connectivity index (χ2n) is 10.4. The van der Waals surface area contributed by atoms with Crippen LogP contribution in [0.4, 0.5) is 10.5 Å². The average Bonchev–Trinajstić information content (AvgIpc) is 3.00. The summed E-state index contributed by atoms with van der Waals surface area (Å²) in [5, 5.41) is 13.9. The Hall–Kier alpha value is -4.72. The third kappa shape index (κ3) is 9.17. The number of nitro benzene ring substituents is 1. The highest BCUT2D eigenvalue weighted by Gasteiger charge is 2.25. The number of carbonyl (C=O) groups excluding carboxylic acids is 2. The monoisotopic (exact) mass is 552 g/mol. The zero-order valence-electron chi connectivity index (χ0n) is 23.3. The smallest absolute Gasteiger partial charge is 0.317 e. The van der Waals surface area contributed by atoms with Gasteiger partial charge in [0.1, 0.15) is 0 Å². The summed E-state index contributed by atoms with van der Waals surface area (Å²) in [6.07, 6.45) is 6.92. The third-order valence-corrected chi connectivity index (χ3v) is 7.15. The van der Waals surface area contributed by atoms with Gasteiger partial charge in [0, 0.05) is 50.9 Å². The Bertz CT molecular complexity index is 1360. The van der Waals surface area contributed by atoms with Gasteiger partial charge in [-0.05, 0) is 60.6 Å². The van der Waals surface area contributed by atoms with Gasteiger partial charge in [0.2, 0.25) is 5.91 Å². The van der Waals surface area contributed by atoms with Crippen molar-refractivity contribution in [2.45, 2.75) is 26.3 Å². The molecule has 0 saturated carbocycles. The maximum atomic E-state index is 13.3. The number of hydrogen-bond donors (Lipinski definition) is 1. The molecule has 1 heterocycles. The van der Waals surface area contributed by atoms with Crippen LogP contribution in [-0.2, 0) is 11.3 Å². The minimum absolute atomic E-state index is 0.0177. The molecule has 0 aromatic heterocycles. The summed E-state index contributed by atoms with van der Waals surface area (Å²) in [6.45, 7) is 4.88. The fraction of sp³-hybridized carbons (Fsp3) is 0.273. The lowest BCUT2D eigenvalue weighted by molar-refractivity contribution is -0.384. The van der Waals surface area contributed by atoms with E-state index in [1.807, 2.05) is 77.4 Å². The SMILES string of the molecule is C/C(=C\c1ccccc1)CN(CC1CCN(C(=O)/C=C/c2ccc([N+](=O)[O-])cc2)CC1)C(=O)NCc1ccccc1. The van der Waals surface area contributed by atoms with Crippen molar-refractivity contribution in [2.75, 3.05) is 26.2 Å². The van der Waals surface area contributed by atoms with Crippen molar-refractivity contribution < 1.29 is 14.5 Å². The molecule has 3 amide bonds. The van der Waals surface area contributed by atoms with Crippen LogP contribution in [0.3, 0.4) is 0 Å². The molecule has 0 bridgehead atoms. The lowest BCUT2D eigenvalue weighted by atomic mass is 9.96. The summed E-state index contributed by atoms with van der Waals surface area (Å²) in [7, 11) is 0. The number of benzene rings is 3. The molecular weight excluding hydrogens is 516 g/mol. The number of urea groups is 1. The zero-order chi connectivity index (χ0) is 29.0. The van der Waals surface area contributed by atoms with E-state index in [4.69, 9.17) is 0 Å². The number of hydrogen-bond acceptors (Lipinski definition) is 4. The van der Waals surface area contributed by atoms with Crippen molar-refractivity contribution in [3.63, 3.8) is 0 Å². The molecule has 0 unspecified atom stereocenters. The van der Waals surface area contributed by atoms with Gasteiger partial charge in [-0.1, -0.05) is 72.3 Å². The molecular formula is C33H36N4O4. The van der Waals surface area contributed by atoms with Gasteiger partial charge in [0.05, 0.1) is 4.92 Å². The molecule has 0 radical (unpaired) electrons. The van der Waals surface area contributed by atoms with Crippen LogP contribution >= 0.6 is 0 Å². The highest BCUT2D eigenvalue weighted by atomic mass is 16.6. The number of piperidine rings is 1. The molecule has 1 N–H and O–H groups in total. The summed E-state index contributed by atoms with van der Waals surface area (Å²) in [5.41, 5.74) is 3.99. The molecule has 212 valence electrons. The molecule has 0 atom stereocenters. The number of nitrogens with one attached hydrogen (secondary N) is 1. The summed E-state index contributed by atoms with van der Waals surface area (Å²) >= 11 is 0. The van der Waals surface area contributed by atoms with Gasteiger partial charge in [-0.15, -0.1) is 0 Å². The van der Waals surface area contributed by atoms with Crippen molar-refractivity contribution in [1.82, 2.24) is 15.1 Å². The number of carbonyl (C=O) groups is 2. The van der Waals surface area contributed by atoms with Crippen LogP contribution in [0.1, 0.15) is 36.5 Å². The van der Waals surface area contributed by atoms with Gasteiger partial charge in [0.25, 0.3) is 5.69 Å². The van der Waals surface area contributed by atoms with Gasteiger partial charge in [-0.3, -0.25) is 14.9 Å². The maximum absolute atomic E-state index is 13.3. The lowest BCUT2D eigenvalue weighted by Gasteiger charge is -2.34. The molecule has 1 saturated heterocycles.